The van der Waals surface area contributed by atoms with Crippen LogP contribution in [0.1, 0.15) is 16.7 Å². The van der Waals surface area contributed by atoms with Crippen LogP contribution in [-0.4, -0.2) is 44.5 Å². The smallest absolute Gasteiger partial charge is 0.328 e. The molecular formula is C25H26N4O6. The Morgan fingerprint density at radius 1 is 0.886 bits per heavy atom. The number of nitrogens with one attached hydrogen (secondary N) is 3. The number of aryl methyl sites for hydroxylation is 1. The predicted molar refractivity (Wildman–Crippen MR) is 128 cm³/mol. The van der Waals surface area contributed by atoms with Gasteiger partial charge in [-0.25, -0.2) is 9.59 Å². The standard InChI is InChI=1S/C25H26N4O6/c1-16-14-29(25(35)28-22(16)31)15-21(30)26-19(12-17-8-4-2-5-9-17)23(32)27-20(24(33)34)13-18-10-6-3-7-11-18/h2-11,14,19-20H,12-13,15H2,1H3,(H,26,30)(H,27,32)(H,33,34)(H,28,31,35). The van der Waals surface area contributed by atoms with E-state index in [9.17, 15) is 29.1 Å². The number of carboxylic acid groups (broad SMARTS) is 1. The summed E-state index contributed by atoms with van der Waals surface area (Å²) < 4.78 is 1.03. The Morgan fingerprint density at radius 2 is 1.43 bits per heavy atom. The molecule has 35 heavy (non-hydrogen) atoms. The average molecular weight is 479 g/mol. The quantitative estimate of drug-likeness (QED) is 0.331. The molecule has 1 heterocycles. The molecule has 182 valence electrons. The highest BCUT2D eigenvalue weighted by Crippen LogP contribution is 2.07. The molecule has 0 saturated heterocycles. The van der Waals surface area contributed by atoms with Crippen LogP contribution in [0.15, 0.2) is 76.4 Å². The van der Waals surface area contributed by atoms with E-state index in [2.05, 4.69) is 15.6 Å². The molecule has 0 saturated carbocycles. The number of benzene rings is 2. The molecule has 0 spiro atoms. The number of hydrogen-bond acceptors (Lipinski definition) is 5. The van der Waals surface area contributed by atoms with Crippen LogP contribution in [0, 0.1) is 6.92 Å². The fourth-order valence-corrected chi connectivity index (χ4v) is 3.51. The molecule has 0 aliphatic carbocycles. The van der Waals surface area contributed by atoms with Gasteiger partial charge in [0.05, 0.1) is 0 Å². The first-order chi connectivity index (χ1) is 16.7. The van der Waals surface area contributed by atoms with Crippen molar-refractivity contribution >= 4 is 17.8 Å². The highest BCUT2D eigenvalue weighted by molar-refractivity contribution is 5.90. The van der Waals surface area contributed by atoms with Crippen molar-refractivity contribution in [3.05, 3.63) is 104 Å². The maximum atomic E-state index is 13.1. The lowest BCUT2D eigenvalue weighted by Gasteiger charge is -2.22. The minimum absolute atomic E-state index is 0.0694. The number of carbonyl (C=O) groups is 3. The minimum atomic E-state index is -1.21. The maximum Gasteiger partial charge on any atom is 0.328 e. The Balaban J connectivity index is 1.77. The van der Waals surface area contributed by atoms with E-state index in [-0.39, 0.29) is 18.4 Å². The highest BCUT2D eigenvalue weighted by atomic mass is 16.4. The van der Waals surface area contributed by atoms with Gasteiger partial charge in [-0.15, -0.1) is 0 Å². The number of rotatable bonds is 10. The van der Waals surface area contributed by atoms with Crippen molar-refractivity contribution in [1.29, 1.82) is 0 Å². The lowest BCUT2D eigenvalue weighted by atomic mass is 10.0. The summed E-state index contributed by atoms with van der Waals surface area (Å²) in [5.74, 6) is -2.53. The summed E-state index contributed by atoms with van der Waals surface area (Å²) in [6.07, 6.45) is 1.43. The van der Waals surface area contributed by atoms with E-state index in [1.807, 2.05) is 6.07 Å². The number of carboxylic acids is 1. The van der Waals surface area contributed by atoms with E-state index in [4.69, 9.17) is 0 Å². The highest BCUT2D eigenvalue weighted by Gasteiger charge is 2.27. The van der Waals surface area contributed by atoms with Crippen molar-refractivity contribution in [2.24, 2.45) is 0 Å². The zero-order valence-corrected chi connectivity index (χ0v) is 19.1. The molecule has 2 atom stereocenters. The number of aromatic amines is 1. The molecule has 0 fully saturated rings. The summed E-state index contributed by atoms with van der Waals surface area (Å²) in [5, 5.41) is 14.7. The van der Waals surface area contributed by atoms with Gasteiger partial charge < -0.3 is 15.7 Å². The first-order valence-electron chi connectivity index (χ1n) is 10.9. The van der Waals surface area contributed by atoms with Crippen molar-refractivity contribution in [2.45, 2.75) is 38.4 Å². The molecule has 3 aromatic rings. The van der Waals surface area contributed by atoms with Crippen LogP contribution in [0.5, 0.6) is 0 Å². The Bertz CT molecular complexity index is 1300. The van der Waals surface area contributed by atoms with Crippen molar-refractivity contribution in [1.82, 2.24) is 20.2 Å². The van der Waals surface area contributed by atoms with Crippen LogP contribution in [0.25, 0.3) is 0 Å². The summed E-state index contributed by atoms with van der Waals surface area (Å²) in [5.41, 5.74) is 0.428. The summed E-state index contributed by atoms with van der Waals surface area (Å²) in [6, 6.07) is 15.5. The molecule has 4 N–H and O–H groups in total. The van der Waals surface area contributed by atoms with Crippen LogP contribution in [0.2, 0.25) is 0 Å². The number of nitrogens with zero attached hydrogens (tertiary/aromatic N) is 1. The van der Waals surface area contributed by atoms with Crippen molar-refractivity contribution in [3.63, 3.8) is 0 Å². The number of aliphatic carboxylic acids is 1. The summed E-state index contributed by atoms with van der Waals surface area (Å²) in [6.45, 7) is 1.07. The summed E-state index contributed by atoms with van der Waals surface area (Å²) in [7, 11) is 0. The van der Waals surface area contributed by atoms with Crippen LogP contribution in [0.3, 0.4) is 0 Å². The van der Waals surface area contributed by atoms with Gasteiger partial charge in [0.2, 0.25) is 11.8 Å². The van der Waals surface area contributed by atoms with Gasteiger partial charge in [-0.2, -0.15) is 0 Å². The first-order valence-corrected chi connectivity index (χ1v) is 10.9. The molecule has 2 amide bonds. The topological polar surface area (TPSA) is 150 Å². The summed E-state index contributed by atoms with van der Waals surface area (Å²) >= 11 is 0. The second kappa shape index (κ2) is 11.6. The Labute approximate surface area is 200 Å². The second-order valence-electron chi connectivity index (χ2n) is 8.10. The zero-order chi connectivity index (χ0) is 25.4. The van der Waals surface area contributed by atoms with Gasteiger partial charge in [0.15, 0.2) is 0 Å². The van der Waals surface area contributed by atoms with E-state index in [1.165, 1.54) is 13.1 Å². The maximum absolute atomic E-state index is 13.1. The van der Waals surface area contributed by atoms with E-state index in [1.54, 1.807) is 54.6 Å². The monoisotopic (exact) mass is 478 g/mol. The lowest BCUT2D eigenvalue weighted by molar-refractivity contribution is -0.142. The van der Waals surface area contributed by atoms with Gasteiger partial charge in [0, 0.05) is 24.6 Å². The zero-order valence-electron chi connectivity index (χ0n) is 19.1. The van der Waals surface area contributed by atoms with E-state index >= 15 is 0 Å². The normalized spacial score (nSPS) is 12.4. The van der Waals surface area contributed by atoms with Crippen LogP contribution >= 0.6 is 0 Å². The van der Waals surface area contributed by atoms with E-state index in [0.29, 0.717) is 0 Å². The van der Waals surface area contributed by atoms with Crippen LogP contribution in [-0.2, 0) is 33.8 Å². The van der Waals surface area contributed by atoms with Crippen molar-refractivity contribution < 1.29 is 19.5 Å². The molecule has 1 aromatic heterocycles. The summed E-state index contributed by atoms with van der Waals surface area (Å²) in [4.78, 5) is 63.3. The molecule has 2 aromatic carbocycles. The Kier molecular flexibility index (Phi) is 8.33. The number of hydrogen-bond donors (Lipinski definition) is 4. The van der Waals surface area contributed by atoms with Gasteiger partial charge >= 0.3 is 11.7 Å². The largest absolute Gasteiger partial charge is 0.480 e. The lowest BCUT2D eigenvalue weighted by Crippen LogP contribution is -2.53. The Morgan fingerprint density at radius 3 is 1.97 bits per heavy atom. The molecule has 3 rings (SSSR count). The van der Waals surface area contributed by atoms with Gasteiger partial charge in [-0.3, -0.25) is 23.9 Å². The molecule has 0 bridgehead atoms. The van der Waals surface area contributed by atoms with Crippen molar-refractivity contribution in [2.75, 3.05) is 0 Å². The van der Waals surface area contributed by atoms with Gasteiger partial charge in [0.1, 0.15) is 18.6 Å². The average Bonchev–Trinajstić information content (AvgIpc) is 2.83. The molecular weight excluding hydrogens is 452 g/mol. The van der Waals surface area contributed by atoms with Gasteiger partial charge in [0.25, 0.3) is 5.56 Å². The molecule has 10 nitrogen and oxygen atoms in total. The molecule has 0 aliphatic heterocycles. The van der Waals surface area contributed by atoms with Gasteiger partial charge in [-0.05, 0) is 18.1 Å². The second-order valence-corrected chi connectivity index (χ2v) is 8.10. The number of aromatic nitrogens is 2. The molecule has 10 heteroatoms. The number of H-pyrrole nitrogens is 1. The molecule has 2 unspecified atom stereocenters. The number of carbonyl (C=O) groups excluding carboxylic acids is 2. The van der Waals surface area contributed by atoms with E-state index in [0.717, 1.165) is 15.7 Å². The third-order valence-corrected chi connectivity index (χ3v) is 5.33. The fourth-order valence-electron chi connectivity index (χ4n) is 3.51. The Hall–Kier alpha value is -4.47. The predicted octanol–water partition coefficient (Wildman–Crippen LogP) is 0.385. The third kappa shape index (κ3) is 7.26. The SMILES string of the molecule is Cc1cn(CC(=O)NC(Cc2ccccc2)C(=O)NC(Cc2ccccc2)C(=O)O)c(=O)[nH]c1=O. The molecule has 0 radical (unpaired) electrons. The third-order valence-electron chi connectivity index (χ3n) is 5.33. The first kappa shape index (κ1) is 25.2. The van der Waals surface area contributed by atoms with Crippen LogP contribution < -0.4 is 21.9 Å². The van der Waals surface area contributed by atoms with Gasteiger partial charge in [-0.1, -0.05) is 60.7 Å². The molecule has 0 aliphatic rings. The van der Waals surface area contributed by atoms with E-state index < -0.39 is 47.7 Å². The van der Waals surface area contributed by atoms with Crippen LogP contribution in [0.4, 0.5) is 0 Å². The minimum Gasteiger partial charge on any atom is -0.480 e. The number of amides is 2. The van der Waals surface area contributed by atoms with Crippen molar-refractivity contribution in [3.8, 4) is 0 Å². The fraction of sp³-hybridized carbons (Fsp3) is 0.240.